The van der Waals surface area contributed by atoms with Crippen molar-refractivity contribution >= 4 is 11.6 Å². The number of fused-ring (bicyclic) bond motifs is 1. The zero-order valence-corrected chi connectivity index (χ0v) is 10.3. The lowest BCUT2D eigenvalue weighted by atomic mass is 10.2. The number of rotatable bonds is 1. The Balaban J connectivity index is 2.10. The van der Waals surface area contributed by atoms with E-state index >= 15 is 0 Å². The molecule has 3 nitrogen and oxygen atoms in total. The summed E-state index contributed by atoms with van der Waals surface area (Å²) in [4.78, 5) is 13.2. The van der Waals surface area contributed by atoms with Crippen LogP contribution in [0.2, 0.25) is 5.15 Å². The van der Waals surface area contributed by atoms with Crippen molar-refractivity contribution < 1.29 is 0 Å². The van der Waals surface area contributed by atoms with Crippen LogP contribution in [0.25, 0.3) is 11.4 Å². The van der Waals surface area contributed by atoms with Gasteiger partial charge in [0, 0.05) is 28.7 Å². The first-order valence-corrected chi connectivity index (χ1v) is 6.10. The number of nitrogens with zero attached hydrogens (tertiary/aromatic N) is 3. The topological polar surface area (TPSA) is 38.7 Å². The smallest absolute Gasteiger partial charge is 0.162 e. The molecule has 86 valence electrons. The molecular formula is C13H12ClN3. The van der Waals surface area contributed by atoms with Crippen LogP contribution in [0.5, 0.6) is 0 Å². The molecular weight excluding hydrogens is 234 g/mol. The standard InChI is InChI=1S/C13H12ClN3/c1-8-5-6-9(7-15-8)13-16-11-4-2-3-10(11)12(14)17-13/h5-7H,2-4H2,1H3. The minimum Gasteiger partial charge on any atom is -0.261 e. The fraction of sp³-hybridized carbons (Fsp3) is 0.308. The van der Waals surface area contributed by atoms with Crippen molar-refractivity contribution in [3.63, 3.8) is 0 Å². The molecule has 0 saturated heterocycles. The Morgan fingerprint density at radius 2 is 2.06 bits per heavy atom. The van der Waals surface area contributed by atoms with E-state index in [9.17, 15) is 0 Å². The van der Waals surface area contributed by atoms with E-state index in [2.05, 4.69) is 15.0 Å². The fourth-order valence-electron chi connectivity index (χ4n) is 2.12. The van der Waals surface area contributed by atoms with Gasteiger partial charge in [0.2, 0.25) is 0 Å². The Bertz CT molecular complexity index is 564. The zero-order chi connectivity index (χ0) is 11.8. The van der Waals surface area contributed by atoms with Crippen LogP contribution >= 0.6 is 11.6 Å². The number of aromatic nitrogens is 3. The van der Waals surface area contributed by atoms with Crippen molar-refractivity contribution in [3.8, 4) is 11.4 Å². The molecule has 17 heavy (non-hydrogen) atoms. The summed E-state index contributed by atoms with van der Waals surface area (Å²) in [6.07, 6.45) is 4.92. The predicted molar refractivity (Wildman–Crippen MR) is 67.0 cm³/mol. The van der Waals surface area contributed by atoms with Crippen LogP contribution < -0.4 is 0 Å². The van der Waals surface area contributed by atoms with E-state index in [0.29, 0.717) is 11.0 Å². The monoisotopic (exact) mass is 245 g/mol. The second-order valence-corrected chi connectivity index (χ2v) is 4.66. The number of hydrogen-bond donors (Lipinski definition) is 0. The number of aryl methyl sites for hydroxylation is 2. The third kappa shape index (κ3) is 1.91. The van der Waals surface area contributed by atoms with Gasteiger partial charge in [-0.15, -0.1) is 0 Å². The van der Waals surface area contributed by atoms with E-state index in [4.69, 9.17) is 11.6 Å². The lowest BCUT2D eigenvalue weighted by Gasteiger charge is -2.05. The summed E-state index contributed by atoms with van der Waals surface area (Å²) in [7, 11) is 0. The molecule has 2 aromatic rings. The van der Waals surface area contributed by atoms with E-state index in [0.717, 1.165) is 41.8 Å². The Labute approximate surface area is 105 Å². The van der Waals surface area contributed by atoms with Crippen LogP contribution in [0, 0.1) is 6.92 Å². The minimum atomic E-state index is 0.600. The molecule has 0 bridgehead atoms. The summed E-state index contributed by atoms with van der Waals surface area (Å²) in [5.74, 6) is 0.683. The summed E-state index contributed by atoms with van der Waals surface area (Å²) in [5, 5.41) is 0.600. The van der Waals surface area contributed by atoms with E-state index in [1.807, 2.05) is 19.1 Å². The first-order valence-electron chi connectivity index (χ1n) is 5.72. The first kappa shape index (κ1) is 10.7. The maximum atomic E-state index is 6.18. The van der Waals surface area contributed by atoms with Crippen LogP contribution in [0.1, 0.15) is 23.4 Å². The van der Waals surface area contributed by atoms with Crippen LogP contribution in [-0.4, -0.2) is 15.0 Å². The van der Waals surface area contributed by atoms with Gasteiger partial charge in [-0.25, -0.2) is 9.97 Å². The molecule has 1 aliphatic carbocycles. The lowest BCUT2D eigenvalue weighted by Crippen LogP contribution is -1.97. The van der Waals surface area contributed by atoms with Gasteiger partial charge in [-0.05, 0) is 38.3 Å². The number of hydrogen-bond acceptors (Lipinski definition) is 3. The Morgan fingerprint density at radius 3 is 2.82 bits per heavy atom. The summed E-state index contributed by atoms with van der Waals surface area (Å²) < 4.78 is 0. The predicted octanol–water partition coefficient (Wildman–Crippen LogP) is 2.99. The first-order chi connectivity index (χ1) is 8.24. The molecule has 2 aromatic heterocycles. The molecule has 2 heterocycles. The highest BCUT2D eigenvalue weighted by Crippen LogP contribution is 2.28. The summed E-state index contributed by atoms with van der Waals surface area (Å²) in [6.45, 7) is 1.96. The Kier molecular flexibility index (Phi) is 2.56. The van der Waals surface area contributed by atoms with Crippen molar-refractivity contribution in [2.24, 2.45) is 0 Å². The van der Waals surface area contributed by atoms with Gasteiger partial charge in [-0.3, -0.25) is 4.98 Å². The van der Waals surface area contributed by atoms with Crippen molar-refractivity contribution in [1.82, 2.24) is 15.0 Å². The zero-order valence-electron chi connectivity index (χ0n) is 9.57. The quantitative estimate of drug-likeness (QED) is 0.725. The molecule has 0 saturated carbocycles. The maximum Gasteiger partial charge on any atom is 0.162 e. The normalized spacial score (nSPS) is 13.8. The molecule has 0 aliphatic heterocycles. The van der Waals surface area contributed by atoms with Crippen LogP contribution in [-0.2, 0) is 12.8 Å². The third-order valence-electron chi connectivity index (χ3n) is 3.05. The maximum absolute atomic E-state index is 6.18. The summed E-state index contributed by atoms with van der Waals surface area (Å²) in [5.41, 5.74) is 4.13. The third-order valence-corrected chi connectivity index (χ3v) is 3.36. The Hall–Kier alpha value is -1.48. The molecule has 0 fully saturated rings. The number of pyridine rings is 1. The molecule has 0 aromatic carbocycles. The Morgan fingerprint density at radius 1 is 1.18 bits per heavy atom. The average Bonchev–Trinajstić information content (AvgIpc) is 2.78. The van der Waals surface area contributed by atoms with Crippen molar-refractivity contribution in [2.75, 3.05) is 0 Å². The molecule has 0 spiro atoms. The fourth-order valence-corrected chi connectivity index (χ4v) is 2.40. The van der Waals surface area contributed by atoms with E-state index in [1.165, 1.54) is 0 Å². The largest absolute Gasteiger partial charge is 0.261 e. The second-order valence-electron chi connectivity index (χ2n) is 4.31. The van der Waals surface area contributed by atoms with Gasteiger partial charge in [-0.1, -0.05) is 11.6 Å². The van der Waals surface area contributed by atoms with E-state index in [-0.39, 0.29) is 0 Å². The molecule has 0 amide bonds. The van der Waals surface area contributed by atoms with Crippen LogP contribution in [0.3, 0.4) is 0 Å². The lowest BCUT2D eigenvalue weighted by molar-refractivity contribution is 0.900. The average molecular weight is 246 g/mol. The summed E-state index contributed by atoms with van der Waals surface area (Å²) >= 11 is 6.18. The molecule has 0 N–H and O–H groups in total. The second kappa shape index (κ2) is 4.08. The van der Waals surface area contributed by atoms with Crippen molar-refractivity contribution in [1.29, 1.82) is 0 Å². The molecule has 3 rings (SSSR count). The van der Waals surface area contributed by atoms with Gasteiger partial charge in [0.05, 0.1) is 0 Å². The van der Waals surface area contributed by atoms with Crippen LogP contribution in [0.15, 0.2) is 18.3 Å². The van der Waals surface area contributed by atoms with Gasteiger partial charge in [0.1, 0.15) is 5.15 Å². The van der Waals surface area contributed by atoms with Gasteiger partial charge in [0.25, 0.3) is 0 Å². The highest BCUT2D eigenvalue weighted by Gasteiger charge is 2.18. The number of halogens is 1. The minimum absolute atomic E-state index is 0.600. The van der Waals surface area contributed by atoms with Gasteiger partial charge in [-0.2, -0.15) is 0 Å². The van der Waals surface area contributed by atoms with Crippen LogP contribution in [0.4, 0.5) is 0 Å². The van der Waals surface area contributed by atoms with Crippen molar-refractivity contribution in [3.05, 3.63) is 40.4 Å². The highest BCUT2D eigenvalue weighted by molar-refractivity contribution is 6.30. The molecule has 4 heteroatoms. The molecule has 0 atom stereocenters. The van der Waals surface area contributed by atoms with Gasteiger partial charge >= 0.3 is 0 Å². The van der Waals surface area contributed by atoms with E-state index in [1.54, 1.807) is 6.20 Å². The molecule has 0 radical (unpaired) electrons. The summed E-state index contributed by atoms with van der Waals surface area (Å²) in [6, 6.07) is 3.94. The highest BCUT2D eigenvalue weighted by atomic mass is 35.5. The molecule has 0 unspecified atom stereocenters. The van der Waals surface area contributed by atoms with Gasteiger partial charge in [0.15, 0.2) is 5.82 Å². The van der Waals surface area contributed by atoms with Crippen molar-refractivity contribution in [2.45, 2.75) is 26.2 Å². The van der Waals surface area contributed by atoms with E-state index < -0.39 is 0 Å². The van der Waals surface area contributed by atoms with Gasteiger partial charge < -0.3 is 0 Å². The SMILES string of the molecule is Cc1ccc(-c2nc(Cl)c3c(n2)CCC3)cn1. The molecule has 1 aliphatic rings.